The van der Waals surface area contributed by atoms with Gasteiger partial charge in [0.1, 0.15) is 11.6 Å². The van der Waals surface area contributed by atoms with Gasteiger partial charge in [-0.1, -0.05) is 30.3 Å². The van der Waals surface area contributed by atoms with E-state index >= 15 is 0 Å². The first-order valence-corrected chi connectivity index (χ1v) is 5.91. The molecule has 96 valence electrons. The normalized spacial score (nSPS) is 11.6. The molecular formula is C15H14N2O2. The van der Waals surface area contributed by atoms with Crippen molar-refractivity contribution in [2.24, 2.45) is 0 Å². The van der Waals surface area contributed by atoms with Gasteiger partial charge in [0, 0.05) is 12.6 Å². The van der Waals surface area contributed by atoms with Gasteiger partial charge in [-0.2, -0.15) is 5.26 Å². The van der Waals surface area contributed by atoms with Crippen LogP contribution in [0.1, 0.15) is 22.8 Å². The molecule has 0 bridgehead atoms. The van der Waals surface area contributed by atoms with Crippen LogP contribution >= 0.6 is 0 Å². The Morgan fingerprint density at radius 3 is 2.68 bits per heavy atom. The van der Waals surface area contributed by atoms with Gasteiger partial charge in [-0.05, 0) is 17.2 Å². The number of nitriles is 1. The third-order valence-electron chi connectivity index (χ3n) is 2.91. The molecule has 0 fully saturated rings. The van der Waals surface area contributed by atoms with E-state index in [1.54, 1.807) is 12.3 Å². The Morgan fingerprint density at radius 2 is 2.05 bits per heavy atom. The van der Waals surface area contributed by atoms with Gasteiger partial charge in [0.25, 0.3) is 0 Å². The SMILES string of the molecule is COc1nccc(CC(O)c2ccccc2)c1C#N. The lowest BCUT2D eigenvalue weighted by Crippen LogP contribution is -2.05. The smallest absolute Gasteiger partial charge is 0.231 e. The first kappa shape index (κ1) is 13.1. The molecule has 0 saturated heterocycles. The third-order valence-corrected chi connectivity index (χ3v) is 2.91. The maximum atomic E-state index is 10.2. The van der Waals surface area contributed by atoms with Crippen molar-refractivity contribution in [3.8, 4) is 11.9 Å². The van der Waals surface area contributed by atoms with Crippen molar-refractivity contribution in [2.45, 2.75) is 12.5 Å². The molecule has 0 aliphatic heterocycles. The molecule has 19 heavy (non-hydrogen) atoms. The average Bonchev–Trinajstić information content (AvgIpc) is 2.47. The van der Waals surface area contributed by atoms with Gasteiger partial charge >= 0.3 is 0 Å². The minimum atomic E-state index is -0.652. The Bertz CT molecular complexity index is 591. The summed E-state index contributed by atoms with van der Waals surface area (Å²) in [5.74, 6) is 0.292. The minimum Gasteiger partial charge on any atom is -0.480 e. The lowest BCUT2D eigenvalue weighted by atomic mass is 9.99. The van der Waals surface area contributed by atoms with Crippen molar-refractivity contribution in [1.29, 1.82) is 5.26 Å². The molecule has 4 nitrogen and oxygen atoms in total. The van der Waals surface area contributed by atoms with Crippen molar-refractivity contribution < 1.29 is 9.84 Å². The topological polar surface area (TPSA) is 66.1 Å². The largest absolute Gasteiger partial charge is 0.480 e. The number of methoxy groups -OCH3 is 1. The maximum absolute atomic E-state index is 10.2. The number of hydrogen-bond acceptors (Lipinski definition) is 4. The molecular weight excluding hydrogens is 240 g/mol. The second-order valence-corrected chi connectivity index (χ2v) is 4.10. The van der Waals surface area contributed by atoms with Crippen LogP contribution in [0.5, 0.6) is 5.88 Å². The summed E-state index contributed by atoms with van der Waals surface area (Å²) in [5.41, 5.74) is 1.92. The molecule has 0 saturated carbocycles. The van der Waals surface area contributed by atoms with Crippen LogP contribution in [0.15, 0.2) is 42.6 Å². The van der Waals surface area contributed by atoms with E-state index in [1.165, 1.54) is 7.11 Å². The fourth-order valence-electron chi connectivity index (χ4n) is 1.93. The number of nitrogens with zero attached hydrogens (tertiary/aromatic N) is 2. The number of aromatic nitrogens is 1. The fourth-order valence-corrected chi connectivity index (χ4v) is 1.93. The van der Waals surface area contributed by atoms with Crippen LogP contribution in [0.4, 0.5) is 0 Å². The van der Waals surface area contributed by atoms with Gasteiger partial charge in [-0.25, -0.2) is 4.98 Å². The summed E-state index contributed by atoms with van der Waals surface area (Å²) in [5, 5.41) is 19.3. The fraction of sp³-hybridized carbons (Fsp3) is 0.200. The first-order chi connectivity index (χ1) is 9.26. The van der Waals surface area contributed by atoms with Crippen LogP contribution in [-0.2, 0) is 6.42 Å². The van der Waals surface area contributed by atoms with Crippen molar-refractivity contribution in [3.63, 3.8) is 0 Å². The minimum absolute atomic E-state index is 0.292. The van der Waals surface area contributed by atoms with Gasteiger partial charge in [0.15, 0.2) is 0 Å². The standard InChI is InChI=1S/C15H14N2O2/c1-19-15-13(10-16)12(7-8-17-15)9-14(18)11-5-3-2-4-6-11/h2-8,14,18H,9H2,1H3. The number of hydrogen-bond donors (Lipinski definition) is 1. The Hall–Kier alpha value is -2.38. The molecule has 0 radical (unpaired) electrons. The summed E-state index contributed by atoms with van der Waals surface area (Å²) in [4.78, 5) is 3.98. The second-order valence-electron chi connectivity index (χ2n) is 4.10. The van der Waals surface area contributed by atoms with Crippen LogP contribution in [-0.4, -0.2) is 17.2 Å². The van der Waals surface area contributed by atoms with Crippen LogP contribution in [0.3, 0.4) is 0 Å². The summed E-state index contributed by atoms with van der Waals surface area (Å²) in [7, 11) is 1.47. The summed E-state index contributed by atoms with van der Waals surface area (Å²) in [6, 6.07) is 13.2. The van der Waals surface area contributed by atoms with Crippen LogP contribution in [0.2, 0.25) is 0 Å². The van der Waals surface area contributed by atoms with Crippen molar-refractivity contribution in [3.05, 3.63) is 59.3 Å². The van der Waals surface area contributed by atoms with Crippen molar-refractivity contribution in [1.82, 2.24) is 4.98 Å². The molecule has 0 amide bonds. The molecule has 0 aliphatic carbocycles. The van der Waals surface area contributed by atoms with E-state index in [4.69, 9.17) is 10.00 Å². The number of pyridine rings is 1. The summed E-state index contributed by atoms with van der Waals surface area (Å²) < 4.78 is 5.05. The predicted octanol–water partition coefficient (Wildman–Crippen LogP) is 2.24. The Kier molecular flexibility index (Phi) is 4.11. The van der Waals surface area contributed by atoms with Crippen LogP contribution in [0, 0.1) is 11.3 Å². The molecule has 1 aromatic heterocycles. The number of rotatable bonds is 4. The van der Waals surface area contributed by atoms with Gasteiger partial charge in [-0.3, -0.25) is 0 Å². The zero-order valence-corrected chi connectivity index (χ0v) is 10.6. The predicted molar refractivity (Wildman–Crippen MR) is 70.6 cm³/mol. The highest BCUT2D eigenvalue weighted by molar-refractivity contribution is 5.45. The van der Waals surface area contributed by atoms with Gasteiger partial charge in [0.05, 0.1) is 13.2 Å². The highest BCUT2D eigenvalue weighted by atomic mass is 16.5. The molecule has 0 aliphatic rings. The Morgan fingerprint density at radius 1 is 1.32 bits per heavy atom. The number of benzene rings is 1. The molecule has 1 atom stereocenters. The maximum Gasteiger partial charge on any atom is 0.231 e. The lowest BCUT2D eigenvalue weighted by molar-refractivity contribution is 0.178. The van der Waals surface area contributed by atoms with Crippen LogP contribution < -0.4 is 4.74 Å². The van der Waals surface area contributed by atoms with Crippen molar-refractivity contribution in [2.75, 3.05) is 7.11 Å². The van der Waals surface area contributed by atoms with E-state index in [-0.39, 0.29) is 0 Å². The lowest BCUT2D eigenvalue weighted by Gasteiger charge is -2.13. The number of ether oxygens (including phenoxy) is 1. The van der Waals surface area contributed by atoms with Gasteiger partial charge < -0.3 is 9.84 Å². The molecule has 0 spiro atoms. The summed E-state index contributed by atoms with van der Waals surface area (Å²) >= 11 is 0. The zero-order valence-electron chi connectivity index (χ0n) is 10.6. The first-order valence-electron chi connectivity index (χ1n) is 5.91. The highest BCUT2D eigenvalue weighted by Crippen LogP contribution is 2.24. The molecule has 1 aromatic carbocycles. The van der Waals surface area contributed by atoms with E-state index in [1.807, 2.05) is 30.3 Å². The molecule has 1 unspecified atom stereocenters. The molecule has 4 heteroatoms. The van der Waals surface area contributed by atoms with E-state index in [2.05, 4.69) is 11.1 Å². The van der Waals surface area contributed by atoms with E-state index in [0.29, 0.717) is 17.9 Å². The summed E-state index contributed by atoms with van der Waals surface area (Å²) in [6.07, 6.45) is 1.28. The monoisotopic (exact) mass is 254 g/mol. The third kappa shape index (κ3) is 2.90. The Labute approximate surface area is 111 Å². The van der Waals surface area contributed by atoms with E-state index < -0.39 is 6.10 Å². The van der Waals surface area contributed by atoms with Gasteiger partial charge in [-0.15, -0.1) is 0 Å². The van der Waals surface area contributed by atoms with Crippen LogP contribution in [0.25, 0.3) is 0 Å². The summed E-state index contributed by atoms with van der Waals surface area (Å²) in [6.45, 7) is 0. The number of aliphatic hydroxyl groups is 1. The Balaban J connectivity index is 2.27. The molecule has 1 N–H and O–H groups in total. The zero-order chi connectivity index (χ0) is 13.7. The average molecular weight is 254 g/mol. The quantitative estimate of drug-likeness (QED) is 0.908. The van der Waals surface area contributed by atoms with Gasteiger partial charge in [0.2, 0.25) is 5.88 Å². The van der Waals surface area contributed by atoms with E-state index in [0.717, 1.165) is 11.1 Å². The molecule has 2 rings (SSSR count). The van der Waals surface area contributed by atoms with Crippen molar-refractivity contribution >= 4 is 0 Å². The second kappa shape index (κ2) is 5.98. The van der Waals surface area contributed by atoms with E-state index in [9.17, 15) is 5.11 Å². The molecule has 1 heterocycles. The molecule has 2 aromatic rings. The highest BCUT2D eigenvalue weighted by Gasteiger charge is 2.14. The number of aliphatic hydroxyl groups excluding tert-OH is 1.